The number of benzene rings is 1. The Bertz CT molecular complexity index is 853. The highest BCUT2D eigenvalue weighted by molar-refractivity contribution is 5.95. The molecule has 0 spiro atoms. The molecule has 0 radical (unpaired) electrons. The number of hydrogen-bond acceptors (Lipinski definition) is 3. The zero-order valence-corrected chi connectivity index (χ0v) is 14.2. The second kappa shape index (κ2) is 6.55. The second-order valence-electron chi connectivity index (χ2n) is 6.44. The molecule has 6 heteroatoms. The number of piperidine rings is 1. The number of likely N-dealkylation sites (tertiary alicyclic amines) is 1. The average molecular weight is 335 g/mol. The van der Waals surface area contributed by atoms with Crippen LogP contribution in [-0.2, 0) is 0 Å². The fourth-order valence-electron chi connectivity index (χ4n) is 3.41. The lowest BCUT2D eigenvalue weighted by Gasteiger charge is -2.32. The highest BCUT2D eigenvalue weighted by Gasteiger charge is 2.27. The minimum absolute atomic E-state index is 0.0523. The van der Waals surface area contributed by atoms with E-state index in [1.807, 2.05) is 65.3 Å². The van der Waals surface area contributed by atoms with E-state index in [1.54, 1.807) is 10.9 Å². The quantitative estimate of drug-likeness (QED) is 0.739. The van der Waals surface area contributed by atoms with Crippen molar-refractivity contribution in [2.75, 3.05) is 13.1 Å². The molecule has 0 aliphatic carbocycles. The minimum atomic E-state index is 0.0523. The zero-order chi connectivity index (χ0) is 17.2. The first-order chi connectivity index (χ1) is 12.2. The van der Waals surface area contributed by atoms with Gasteiger partial charge in [-0.25, -0.2) is 4.68 Å². The first-order valence-electron chi connectivity index (χ1n) is 8.62. The molecule has 3 heterocycles. The van der Waals surface area contributed by atoms with E-state index in [9.17, 15) is 4.79 Å². The molecule has 0 unspecified atom stereocenters. The van der Waals surface area contributed by atoms with Gasteiger partial charge in [-0.05, 0) is 38.0 Å². The fourth-order valence-corrected chi connectivity index (χ4v) is 3.41. The van der Waals surface area contributed by atoms with E-state index in [2.05, 4.69) is 10.2 Å². The molecule has 1 amide bonds. The van der Waals surface area contributed by atoms with E-state index in [0.717, 1.165) is 30.8 Å². The van der Waals surface area contributed by atoms with Crippen molar-refractivity contribution in [3.8, 4) is 5.69 Å². The lowest BCUT2D eigenvalue weighted by atomic mass is 10.0. The molecule has 128 valence electrons. The number of carbonyl (C=O) groups is 1. The molecule has 1 aliphatic heterocycles. The van der Waals surface area contributed by atoms with Crippen molar-refractivity contribution in [3.63, 3.8) is 0 Å². The number of rotatable bonds is 3. The summed E-state index contributed by atoms with van der Waals surface area (Å²) in [6, 6.07) is 12.0. The van der Waals surface area contributed by atoms with Crippen molar-refractivity contribution >= 4 is 5.91 Å². The molecule has 0 saturated carbocycles. The van der Waals surface area contributed by atoms with Gasteiger partial charge in [-0.1, -0.05) is 18.2 Å². The third-order valence-corrected chi connectivity index (χ3v) is 4.73. The molecule has 0 N–H and O–H groups in total. The zero-order valence-electron chi connectivity index (χ0n) is 14.2. The summed E-state index contributed by atoms with van der Waals surface area (Å²) in [4.78, 5) is 14.9. The van der Waals surface area contributed by atoms with Crippen molar-refractivity contribution in [3.05, 3.63) is 66.2 Å². The maximum absolute atomic E-state index is 13.0. The standard InChI is InChI=1S/C19H21N5O/c1-15-18(14-24(21-15)16-7-3-2-4-8-16)19(25)22-11-5-9-17(13-22)23-12-6-10-20-23/h2-4,6-8,10,12,14,17H,5,9,11,13H2,1H3/t17-/m0/s1. The van der Waals surface area contributed by atoms with E-state index in [1.165, 1.54) is 0 Å². The molecule has 0 bridgehead atoms. The van der Waals surface area contributed by atoms with Gasteiger partial charge in [-0.2, -0.15) is 10.2 Å². The van der Waals surface area contributed by atoms with Crippen LogP contribution < -0.4 is 0 Å². The van der Waals surface area contributed by atoms with E-state index in [0.29, 0.717) is 12.1 Å². The fraction of sp³-hybridized carbons (Fsp3) is 0.316. The Morgan fingerprint density at radius 3 is 2.80 bits per heavy atom. The molecule has 3 aromatic rings. The summed E-state index contributed by atoms with van der Waals surface area (Å²) >= 11 is 0. The maximum Gasteiger partial charge on any atom is 0.257 e. The lowest BCUT2D eigenvalue weighted by molar-refractivity contribution is 0.0672. The van der Waals surface area contributed by atoms with Crippen LogP contribution in [0.5, 0.6) is 0 Å². The van der Waals surface area contributed by atoms with E-state index in [-0.39, 0.29) is 11.9 Å². The summed E-state index contributed by atoms with van der Waals surface area (Å²) in [6.45, 7) is 3.37. The van der Waals surface area contributed by atoms with Gasteiger partial charge in [0.05, 0.1) is 23.0 Å². The van der Waals surface area contributed by atoms with Crippen LogP contribution in [0.1, 0.15) is 34.9 Å². The molecular formula is C19H21N5O. The Labute approximate surface area is 146 Å². The lowest BCUT2D eigenvalue weighted by Crippen LogP contribution is -2.41. The van der Waals surface area contributed by atoms with E-state index < -0.39 is 0 Å². The van der Waals surface area contributed by atoms with Gasteiger partial charge in [0, 0.05) is 31.7 Å². The highest BCUT2D eigenvalue weighted by Crippen LogP contribution is 2.23. The third-order valence-electron chi connectivity index (χ3n) is 4.73. The van der Waals surface area contributed by atoms with E-state index >= 15 is 0 Å². The van der Waals surface area contributed by atoms with Gasteiger partial charge in [0.2, 0.25) is 0 Å². The SMILES string of the molecule is Cc1nn(-c2ccccc2)cc1C(=O)N1CCC[C@H](n2cccn2)C1. The summed E-state index contributed by atoms with van der Waals surface area (Å²) in [5, 5.41) is 8.85. The number of aryl methyl sites for hydroxylation is 1. The van der Waals surface area contributed by atoms with Crippen LogP contribution in [0.4, 0.5) is 0 Å². The first-order valence-corrected chi connectivity index (χ1v) is 8.62. The molecule has 1 aliphatic rings. The largest absolute Gasteiger partial charge is 0.336 e. The molecule has 1 atom stereocenters. The van der Waals surface area contributed by atoms with Gasteiger partial charge in [0.25, 0.3) is 5.91 Å². The van der Waals surface area contributed by atoms with Crippen molar-refractivity contribution < 1.29 is 4.79 Å². The maximum atomic E-state index is 13.0. The molecule has 1 fully saturated rings. The second-order valence-corrected chi connectivity index (χ2v) is 6.44. The third kappa shape index (κ3) is 3.07. The summed E-state index contributed by atoms with van der Waals surface area (Å²) in [5.74, 6) is 0.0523. The summed E-state index contributed by atoms with van der Waals surface area (Å²) in [7, 11) is 0. The smallest absolute Gasteiger partial charge is 0.257 e. The number of nitrogens with zero attached hydrogens (tertiary/aromatic N) is 5. The van der Waals surface area contributed by atoms with Gasteiger partial charge in [-0.15, -0.1) is 0 Å². The number of amides is 1. The van der Waals surface area contributed by atoms with Crippen LogP contribution in [0.15, 0.2) is 55.0 Å². The Morgan fingerprint density at radius 1 is 1.20 bits per heavy atom. The first kappa shape index (κ1) is 15.6. The van der Waals surface area contributed by atoms with Crippen LogP contribution in [0.2, 0.25) is 0 Å². The molecule has 25 heavy (non-hydrogen) atoms. The average Bonchev–Trinajstić information content (AvgIpc) is 3.32. The number of aromatic nitrogens is 4. The Balaban J connectivity index is 1.55. The van der Waals surface area contributed by atoms with Crippen molar-refractivity contribution in [1.29, 1.82) is 0 Å². The topological polar surface area (TPSA) is 56.0 Å². The minimum Gasteiger partial charge on any atom is -0.336 e. The van der Waals surface area contributed by atoms with Crippen molar-refractivity contribution in [1.82, 2.24) is 24.5 Å². The number of hydrogen-bond donors (Lipinski definition) is 0. The van der Waals surface area contributed by atoms with Crippen LogP contribution in [0.25, 0.3) is 5.69 Å². The van der Waals surface area contributed by atoms with Gasteiger partial charge >= 0.3 is 0 Å². The molecule has 4 rings (SSSR count). The highest BCUT2D eigenvalue weighted by atomic mass is 16.2. The van der Waals surface area contributed by atoms with Crippen molar-refractivity contribution in [2.24, 2.45) is 0 Å². The van der Waals surface area contributed by atoms with Gasteiger partial charge in [0.1, 0.15) is 0 Å². The molecule has 1 aromatic carbocycles. The summed E-state index contributed by atoms with van der Waals surface area (Å²) in [5.41, 5.74) is 2.39. The summed E-state index contributed by atoms with van der Waals surface area (Å²) < 4.78 is 3.73. The molecule has 2 aromatic heterocycles. The van der Waals surface area contributed by atoms with Gasteiger partial charge in [-0.3, -0.25) is 9.48 Å². The van der Waals surface area contributed by atoms with Gasteiger partial charge in [0.15, 0.2) is 0 Å². The van der Waals surface area contributed by atoms with Crippen molar-refractivity contribution in [2.45, 2.75) is 25.8 Å². The summed E-state index contributed by atoms with van der Waals surface area (Å²) in [6.07, 6.45) is 7.63. The predicted molar refractivity (Wildman–Crippen MR) is 94.7 cm³/mol. The Kier molecular flexibility index (Phi) is 4.09. The monoisotopic (exact) mass is 335 g/mol. The predicted octanol–water partition coefficient (Wildman–Crippen LogP) is 2.85. The van der Waals surface area contributed by atoms with Crippen LogP contribution in [0, 0.1) is 6.92 Å². The molecule has 1 saturated heterocycles. The number of para-hydroxylation sites is 1. The Morgan fingerprint density at radius 2 is 2.04 bits per heavy atom. The number of carbonyl (C=O) groups excluding carboxylic acids is 1. The van der Waals surface area contributed by atoms with Crippen LogP contribution in [0.3, 0.4) is 0 Å². The molecular weight excluding hydrogens is 314 g/mol. The van der Waals surface area contributed by atoms with Gasteiger partial charge < -0.3 is 4.90 Å². The normalized spacial score (nSPS) is 17.6. The molecule has 6 nitrogen and oxygen atoms in total. The Hall–Kier alpha value is -2.89. The van der Waals surface area contributed by atoms with Crippen LogP contribution >= 0.6 is 0 Å². The van der Waals surface area contributed by atoms with Crippen LogP contribution in [-0.4, -0.2) is 43.5 Å². The van der Waals surface area contributed by atoms with E-state index in [4.69, 9.17) is 0 Å².